The molecule has 7 unspecified atom stereocenters. The van der Waals surface area contributed by atoms with Crippen molar-refractivity contribution in [2.24, 2.45) is 17.8 Å². The first-order valence-corrected chi connectivity index (χ1v) is 10.2. The standard InChI is InChI=1S/C20H26F2N4O3/c21-14-3-11-2-12(20(28)26-16(11)5-15(14)22)4-18(27)25-17-9-29-8-13-1-10(6-23)7-24-19(13)17/h2,10-11,13-17,19,24H,1,3-5,7-9H2,(H,25,27)(H,26,28)/t10?,11?,13?,14?,15?,16?,17-,19?/m0/s1. The number of carbonyl (C=O) groups excluding carboxylic acids is 2. The molecule has 9 heteroatoms. The van der Waals surface area contributed by atoms with Gasteiger partial charge in [0, 0.05) is 42.5 Å². The van der Waals surface area contributed by atoms with Crippen LogP contribution in [0.5, 0.6) is 0 Å². The number of halogens is 2. The van der Waals surface area contributed by atoms with E-state index in [4.69, 9.17) is 10.00 Å². The van der Waals surface area contributed by atoms with Crippen LogP contribution in [0.2, 0.25) is 0 Å². The van der Waals surface area contributed by atoms with Gasteiger partial charge in [-0.05, 0) is 12.8 Å². The summed E-state index contributed by atoms with van der Waals surface area (Å²) in [5.41, 5.74) is 0.294. The number of carbonyl (C=O) groups is 2. The van der Waals surface area contributed by atoms with Gasteiger partial charge in [0.05, 0.1) is 37.7 Å². The number of nitrogens with zero attached hydrogens (tertiary/aromatic N) is 1. The molecule has 8 atom stereocenters. The van der Waals surface area contributed by atoms with Crippen LogP contribution in [0.15, 0.2) is 11.6 Å². The number of amides is 2. The Morgan fingerprint density at radius 3 is 2.86 bits per heavy atom. The molecule has 0 bridgehead atoms. The summed E-state index contributed by atoms with van der Waals surface area (Å²) in [5, 5.41) is 18.1. The fourth-order valence-corrected chi connectivity index (χ4v) is 5.02. The molecule has 1 saturated carbocycles. The first-order valence-electron chi connectivity index (χ1n) is 10.2. The summed E-state index contributed by atoms with van der Waals surface area (Å²) in [6.07, 6.45) is -0.858. The minimum absolute atomic E-state index is 0.0153. The lowest BCUT2D eigenvalue weighted by Crippen LogP contribution is -2.62. The Bertz CT molecular complexity index is 740. The third-order valence-electron chi connectivity index (χ3n) is 6.55. The van der Waals surface area contributed by atoms with Crippen LogP contribution in [-0.2, 0) is 14.3 Å². The quantitative estimate of drug-likeness (QED) is 0.632. The predicted molar refractivity (Wildman–Crippen MR) is 98.9 cm³/mol. The average molecular weight is 408 g/mol. The maximum atomic E-state index is 13.7. The first kappa shape index (κ1) is 20.2. The van der Waals surface area contributed by atoms with Gasteiger partial charge >= 0.3 is 0 Å². The minimum atomic E-state index is -1.56. The number of piperidine rings is 1. The van der Waals surface area contributed by atoms with Crippen LogP contribution in [0.3, 0.4) is 0 Å². The number of fused-ring (bicyclic) bond motifs is 2. The highest BCUT2D eigenvalue weighted by atomic mass is 19.2. The smallest absolute Gasteiger partial charge is 0.247 e. The van der Waals surface area contributed by atoms with Gasteiger partial charge < -0.3 is 20.7 Å². The second-order valence-electron chi connectivity index (χ2n) is 8.58. The summed E-state index contributed by atoms with van der Waals surface area (Å²) in [5.74, 6) is -0.890. The van der Waals surface area contributed by atoms with Gasteiger partial charge in [0.15, 0.2) is 0 Å². The van der Waals surface area contributed by atoms with Crippen molar-refractivity contribution in [3.8, 4) is 6.07 Å². The molecule has 3 fully saturated rings. The van der Waals surface area contributed by atoms with E-state index in [2.05, 4.69) is 22.0 Å². The lowest BCUT2D eigenvalue weighted by atomic mass is 9.78. The topological polar surface area (TPSA) is 103 Å². The molecule has 2 amide bonds. The van der Waals surface area contributed by atoms with Gasteiger partial charge in [-0.2, -0.15) is 5.26 Å². The lowest BCUT2D eigenvalue weighted by Gasteiger charge is -2.43. The van der Waals surface area contributed by atoms with Crippen LogP contribution < -0.4 is 16.0 Å². The third-order valence-corrected chi connectivity index (χ3v) is 6.55. The molecule has 2 saturated heterocycles. The van der Waals surface area contributed by atoms with Crippen LogP contribution in [0.25, 0.3) is 0 Å². The summed E-state index contributed by atoms with van der Waals surface area (Å²) in [6, 6.07) is 1.65. The molecule has 3 heterocycles. The number of hydrogen-bond donors (Lipinski definition) is 3. The van der Waals surface area contributed by atoms with Crippen LogP contribution in [0.4, 0.5) is 8.78 Å². The molecule has 3 aliphatic heterocycles. The molecule has 7 nitrogen and oxygen atoms in total. The van der Waals surface area contributed by atoms with Gasteiger partial charge in [-0.1, -0.05) is 6.08 Å². The molecule has 158 valence electrons. The van der Waals surface area contributed by atoms with Gasteiger partial charge in [-0.15, -0.1) is 0 Å². The Labute approximate surface area is 168 Å². The number of alkyl halides is 2. The van der Waals surface area contributed by atoms with Gasteiger partial charge in [0.25, 0.3) is 0 Å². The fourth-order valence-electron chi connectivity index (χ4n) is 5.02. The second-order valence-corrected chi connectivity index (χ2v) is 8.58. The van der Waals surface area contributed by atoms with Crippen LogP contribution in [0, 0.1) is 29.1 Å². The number of ether oxygens (including phenoxy) is 1. The zero-order valence-corrected chi connectivity index (χ0v) is 16.1. The van der Waals surface area contributed by atoms with Crippen LogP contribution in [-0.4, -0.2) is 62.0 Å². The molecule has 0 radical (unpaired) electrons. The van der Waals surface area contributed by atoms with Gasteiger partial charge in [-0.3, -0.25) is 9.59 Å². The van der Waals surface area contributed by atoms with Crippen molar-refractivity contribution < 1.29 is 23.1 Å². The van der Waals surface area contributed by atoms with E-state index in [9.17, 15) is 18.4 Å². The summed E-state index contributed by atoms with van der Waals surface area (Å²) in [4.78, 5) is 24.9. The molecule has 4 rings (SSSR count). The normalized spacial score (nSPS) is 41.8. The molecule has 3 N–H and O–H groups in total. The molecule has 0 spiro atoms. The van der Waals surface area contributed by atoms with Crippen molar-refractivity contribution in [1.82, 2.24) is 16.0 Å². The fraction of sp³-hybridized carbons (Fsp3) is 0.750. The summed E-state index contributed by atoms with van der Waals surface area (Å²) in [6.45, 7) is 1.51. The Morgan fingerprint density at radius 2 is 2.07 bits per heavy atom. The molecule has 1 aliphatic carbocycles. The zero-order valence-electron chi connectivity index (χ0n) is 16.1. The number of nitriles is 1. The SMILES string of the molecule is N#CC1CNC2C(COC[C@@H]2NC(=O)CC2=CC3CC(F)C(F)CC3NC2=O)C1. The van der Waals surface area contributed by atoms with Gasteiger partial charge in [-0.25, -0.2) is 8.78 Å². The number of nitrogens with one attached hydrogen (secondary N) is 3. The highest BCUT2D eigenvalue weighted by Gasteiger charge is 2.42. The van der Waals surface area contributed by atoms with Crippen molar-refractivity contribution in [3.05, 3.63) is 11.6 Å². The predicted octanol–water partition coefficient (Wildman–Crippen LogP) is 0.520. The Balaban J connectivity index is 1.36. The highest BCUT2D eigenvalue weighted by Crippen LogP contribution is 2.34. The first-order chi connectivity index (χ1) is 13.9. The van der Waals surface area contributed by atoms with Gasteiger partial charge in [0.2, 0.25) is 11.8 Å². The van der Waals surface area contributed by atoms with E-state index >= 15 is 0 Å². The monoisotopic (exact) mass is 408 g/mol. The number of hydrogen-bond acceptors (Lipinski definition) is 5. The van der Waals surface area contributed by atoms with E-state index in [0.29, 0.717) is 25.3 Å². The minimum Gasteiger partial charge on any atom is -0.379 e. The van der Waals surface area contributed by atoms with E-state index in [0.717, 1.165) is 6.42 Å². The van der Waals surface area contributed by atoms with E-state index in [1.54, 1.807) is 6.08 Å². The van der Waals surface area contributed by atoms with Crippen molar-refractivity contribution in [2.45, 2.75) is 56.2 Å². The van der Waals surface area contributed by atoms with E-state index in [-0.39, 0.29) is 55.0 Å². The van der Waals surface area contributed by atoms with E-state index in [1.165, 1.54) is 0 Å². The molecular formula is C20H26F2N4O3. The Kier molecular flexibility index (Phi) is 5.83. The van der Waals surface area contributed by atoms with Crippen molar-refractivity contribution in [3.63, 3.8) is 0 Å². The van der Waals surface area contributed by atoms with E-state index in [1.807, 2.05) is 0 Å². The lowest BCUT2D eigenvalue weighted by molar-refractivity contribution is -0.126. The van der Waals surface area contributed by atoms with Crippen LogP contribution >= 0.6 is 0 Å². The number of rotatable bonds is 3. The maximum Gasteiger partial charge on any atom is 0.247 e. The molecule has 0 aromatic carbocycles. The van der Waals surface area contributed by atoms with E-state index < -0.39 is 24.3 Å². The largest absolute Gasteiger partial charge is 0.379 e. The van der Waals surface area contributed by atoms with Crippen LogP contribution in [0.1, 0.15) is 25.7 Å². The van der Waals surface area contributed by atoms with Gasteiger partial charge in [0.1, 0.15) is 12.3 Å². The third kappa shape index (κ3) is 4.28. The van der Waals surface area contributed by atoms with Crippen molar-refractivity contribution in [2.75, 3.05) is 19.8 Å². The zero-order chi connectivity index (χ0) is 20.5. The molecular weight excluding hydrogens is 382 g/mol. The average Bonchev–Trinajstić information content (AvgIpc) is 2.70. The Hall–Kier alpha value is -2.05. The highest BCUT2D eigenvalue weighted by molar-refractivity contribution is 5.99. The Morgan fingerprint density at radius 1 is 1.28 bits per heavy atom. The molecule has 29 heavy (non-hydrogen) atoms. The summed E-state index contributed by atoms with van der Waals surface area (Å²) >= 11 is 0. The second kappa shape index (κ2) is 8.36. The maximum absolute atomic E-state index is 13.7. The molecule has 4 aliphatic rings. The summed E-state index contributed by atoms with van der Waals surface area (Å²) < 4.78 is 32.9. The van der Waals surface area contributed by atoms with Crippen molar-refractivity contribution in [1.29, 1.82) is 5.26 Å². The molecule has 0 aromatic rings. The summed E-state index contributed by atoms with van der Waals surface area (Å²) in [7, 11) is 0. The molecule has 0 aromatic heterocycles. The van der Waals surface area contributed by atoms with Crippen molar-refractivity contribution >= 4 is 11.8 Å².